The molecular formula is C15H24N2O3S. The van der Waals surface area contributed by atoms with Crippen LogP contribution in [0.15, 0.2) is 0 Å². The van der Waals surface area contributed by atoms with E-state index < -0.39 is 16.3 Å². The van der Waals surface area contributed by atoms with Gasteiger partial charge in [-0.15, -0.1) is 0 Å². The Balaban J connectivity index is 1.81. The fourth-order valence-electron chi connectivity index (χ4n) is 3.92. The first-order valence-corrected chi connectivity index (χ1v) is 9.57. The summed E-state index contributed by atoms with van der Waals surface area (Å²) in [6.45, 7) is 0.518. The number of nitrogens with zero attached hydrogens (tertiary/aromatic N) is 1. The van der Waals surface area contributed by atoms with Crippen LogP contribution in [0.4, 0.5) is 0 Å². The number of carbonyl (C=O) groups is 2. The van der Waals surface area contributed by atoms with Gasteiger partial charge in [-0.05, 0) is 25.7 Å². The Morgan fingerprint density at radius 2 is 1.76 bits per heavy atom. The van der Waals surface area contributed by atoms with Gasteiger partial charge in [0.1, 0.15) is 5.54 Å². The van der Waals surface area contributed by atoms with Crippen LogP contribution in [0.25, 0.3) is 0 Å². The normalized spacial score (nSPS) is 33.6. The molecule has 1 aliphatic carbocycles. The van der Waals surface area contributed by atoms with E-state index in [2.05, 4.69) is 5.32 Å². The third-order valence-corrected chi connectivity index (χ3v) is 6.52. The molecule has 6 heteroatoms. The number of hydrogen-bond donors (Lipinski definition) is 1. The van der Waals surface area contributed by atoms with Gasteiger partial charge in [0, 0.05) is 41.3 Å². The highest BCUT2D eigenvalue weighted by Gasteiger charge is 2.46. The molecule has 0 bridgehead atoms. The average Bonchev–Trinajstić information content (AvgIpc) is 2.60. The molecule has 21 heavy (non-hydrogen) atoms. The minimum absolute atomic E-state index is 0.00661. The first kappa shape index (κ1) is 15.0. The summed E-state index contributed by atoms with van der Waals surface area (Å²) >= 11 is 0. The zero-order chi connectivity index (χ0) is 14.9. The molecule has 118 valence electrons. The fourth-order valence-corrected chi connectivity index (χ4v) is 5.19. The van der Waals surface area contributed by atoms with Crippen LogP contribution < -0.4 is 5.32 Å². The first-order chi connectivity index (χ1) is 10.1. The van der Waals surface area contributed by atoms with Gasteiger partial charge in [-0.3, -0.25) is 13.8 Å². The van der Waals surface area contributed by atoms with Crippen LogP contribution in [-0.4, -0.2) is 50.6 Å². The van der Waals surface area contributed by atoms with Crippen LogP contribution in [0.1, 0.15) is 51.4 Å². The molecule has 0 aromatic rings. The average molecular weight is 312 g/mol. The van der Waals surface area contributed by atoms with Gasteiger partial charge in [0.2, 0.25) is 11.8 Å². The lowest BCUT2D eigenvalue weighted by molar-refractivity contribution is -0.142. The van der Waals surface area contributed by atoms with Crippen LogP contribution in [0, 0.1) is 0 Å². The molecule has 1 N–H and O–H groups in total. The van der Waals surface area contributed by atoms with E-state index in [0.29, 0.717) is 24.5 Å². The lowest BCUT2D eigenvalue weighted by Gasteiger charge is -2.41. The molecule has 5 nitrogen and oxygen atoms in total. The molecular weight excluding hydrogens is 288 g/mol. The van der Waals surface area contributed by atoms with Crippen LogP contribution in [-0.2, 0) is 20.4 Å². The van der Waals surface area contributed by atoms with Crippen molar-refractivity contribution in [2.24, 2.45) is 0 Å². The maximum Gasteiger partial charge on any atom is 0.248 e. The minimum atomic E-state index is -0.722. The maximum absolute atomic E-state index is 13.1. The molecule has 1 saturated carbocycles. The molecule has 1 spiro atoms. The first-order valence-electron chi connectivity index (χ1n) is 8.08. The van der Waals surface area contributed by atoms with E-state index in [4.69, 9.17) is 0 Å². The van der Waals surface area contributed by atoms with Crippen molar-refractivity contribution in [2.45, 2.75) is 62.9 Å². The standard InChI is InChI=1S/C15H24N2O3S/c18-13-4-9-17(12-5-10-21(20)11-6-12)14(19)15(16-13)7-2-1-3-8-15/h12H,1-11H2,(H,16,18). The summed E-state index contributed by atoms with van der Waals surface area (Å²) in [5, 5.41) is 3.03. The molecule has 0 aromatic heterocycles. The number of carbonyl (C=O) groups excluding carboxylic acids is 2. The zero-order valence-electron chi connectivity index (χ0n) is 12.4. The van der Waals surface area contributed by atoms with E-state index in [-0.39, 0.29) is 17.9 Å². The van der Waals surface area contributed by atoms with E-state index in [1.165, 1.54) is 0 Å². The molecule has 2 amide bonds. The smallest absolute Gasteiger partial charge is 0.248 e. The molecule has 3 aliphatic rings. The summed E-state index contributed by atoms with van der Waals surface area (Å²) in [5.41, 5.74) is -0.650. The highest BCUT2D eigenvalue weighted by molar-refractivity contribution is 7.85. The van der Waals surface area contributed by atoms with Gasteiger partial charge in [0.25, 0.3) is 0 Å². The molecule has 2 heterocycles. The van der Waals surface area contributed by atoms with Gasteiger partial charge in [0.05, 0.1) is 0 Å². The Labute approximate surface area is 128 Å². The number of rotatable bonds is 1. The Hall–Kier alpha value is -0.910. The molecule has 0 aromatic carbocycles. The highest BCUT2D eigenvalue weighted by atomic mass is 32.2. The Bertz CT molecular complexity index is 450. The van der Waals surface area contributed by atoms with Crippen molar-refractivity contribution in [3.05, 3.63) is 0 Å². The second-order valence-corrected chi connectivity index (χ2v) is 8.21. The number of hydrogen-bond acceptors (Lipinski definition) is 3. The van der Waals surface area contributed by atoms with E-state index in [9.17, 15) is 13.8 Å². The van der Waals surface area contributed by atoms with Crippen molar-refractivity contribution in [1.29, 1.82) is 0 Å². The molecule has 3 rings (SSSR count). The topological polar surface area (TPSA) is 66.5 Å². The van der Waals surface area contributed by atoms with Gasteiger partial charge in [0.15, 0.2) is 0 Å². The lowest BCUT2D eigenvalue weighted by atomic mass is 9.80. The summed E-state index contributed by atoms with van der Waals surface area (Å²) in [7, 11) is -0.722. The van der Waals surface area contributed by atoms with Crippen LogP contribution in [0.5, 0.6) is 0 Å². The molecule has 0 radical (unpaired) electrons. The quantitative estimate of drug-likeness (QED) is 0.784. The predicted octanol–water partition coefficient (Wildman–Crippen LogP) is 0.949. The van der Waals surface area contributed by atoms with Crippen molar-refractivity contribution in [3.8, 4) is 0 Å². The second kappa shape index (κ2) is 6.07. The highest BCUT2D eigenvalue weighted by Crippen LogP contribution is 2.33. The third-order valence-electron chi connectivity index (χ3n) is 5.13. The molecule has 2 aliphatic heterocycles. The van der Waals surface area contributed by atoms with Gasteiger partial charge < -0.3 is 10.2 Å². The summed E-state index contributed by atoms with van der Waals surface area (Å²) in [5.74, 6) is 1.49. The van der Waals surface area contributed by atoms with Gasteiger partial charge in [-0.25, -0.2) is 0 Å². The fraction of sp³-hybridized carbons (Fsp3) is 0.867. The summed E-state index contributed by atoms with van der Waals surface area (Å²) in [4.78, 5) is 27.1. The minimum Gasteiger partial charge on any atom is -0.342 e. The SMILES string of the molecule is O=C1CCN(C2CCS(=O)CC2)C(=O)C2(CCCCC2)N1. The monoisotopic (exact) mass is 312 g/mol. The van der Waals surface area contributed by atoms with E-state index in [0.717, 1.165) is 44.9 Å². The van der Waals surface area contributed by atoms with Crippen molar-refractivity contribution in [1.82, 2.24) is 10.2 Å². The largest absolute Gasteiger partial charge is 0.342 e. The molecule has 0 atom stereocenters. The van der Waals surface area contributed by atoms with E-state index >= 15 is 0 Å². The summed E-state index contributed by atoms with van der Waals surface area (Å²) in [6.07, 6.45) is 6.72. The van der Waals surface area contributed by atoms with Crippen molar-refractivity contribution < 1.29 is 13.8 Å². The Kier molecular flexibility index (Phi) is 4.33. The van der Waals surface area contributed by atoms with Crippen LogP contribution >= 0.6 is 0 Å². The number of amides is 2. The second-order valence-electron chi connectivity index (χ2n) is 6.52. The Morgan fingerprint density at radius 1 is 1.10 bits per heavy atom. The number of nitrogens with one attached hydrogen (secondary N) is 1. The lowest BCUT2D eigenvalue weighted by Crippen LogP contribution is -2.60. The van der Waals surface area contributed by atoms with Crippen molar-refractivity contribution in [2.75, 3.05) is 18.1 Å². The van der Waals surface area contributed by atoms with Gasteiger partial charge in [-0.2, -0.15) is 0 Å². The predicted molar refractivity (Wildman–Crippen MR) is 81.2 cm³/mol. The van der Waals surface area contributed by atoms with Crippen LogP contribution in [0.2, 0.25) is 0 Å². The molecule has 3 fully saturated rings. The zero-order valence-corrected chi connectivity index (χ0v) is 13.3. The maximum atomic E-state index is 13.1. The summed E-state index contributed by atoms with van der Waals surface area (Å²) < 4.78 is 11.5. The van der Waals surface area contributed by atoms with E-state index in [1.807, 2.05) is 4.90 Å². The van der Waals surface area contributed by atoms with Crippen molar-refractivity contribution >= 4 is 22.6 Å². The molecule has 2 saturated heterocycles. The van der Waals surface area contributed by atoms with Crippen LogP contribution in [0.3, 0.4) is 0 Å². The Morgan fingerprint density at radius 3 is 2.43 bits per heavy atom. The van der Waals surface area contributed by atoms with Crippen molar-refractivity contribution in [3.63, 3.8) is 0 Å². The van der Waals surface area contributed by atoms with E-state index in [1.54, 1.807) is 0 Å². The third kappa shape index (κ3) is 3.00. The summed E-state index contributed by atoms with van der Waals surface area (Å²) in [6, 6.07) is 0.168. The van der Waals surface area contributed by atoms with Gasteiger partial charge >= 0.3 is 0 Å². The van der Waals surface area contributed by atoms with Gasteiger partial charge in [-0.1, -0.05) is 19.3 Å². The molecule has 0 unspecified atom stereocenters.